The number of methoxy groups -OCH3 is 2. The Labute approximate surface area is 158 Å². The van der Waals surface area contributed by atoms with Crippen LogP contribution < -0.4 is 9.47 Å². The highest BCUT2D eigenvalue weighted by Gasteiger charge is 2.33. The number of carboxylic acids is 1. The van der Waals surface area contributed by atoms with Gasteiger partial charge in [-0.3, -0.25) is 9.69 Å². The van der Waals surface area contributed by atoms with Crippen molar-refractivity contribution in [3.63, 3.8) is 0 Å². The number of hydrogen-bond acceptors (Lipinski definition) is 5. The number of aryl methyl sites for hydroxylation is 1. The first-order valence-electron chi connectivity index (χ1n) is 8.79. The van der Waals surface area contributed by atoms with Crippen LogP contribution in [0.1, 0.15) is 34.2 Å². The van der Waals surface area contributed by atoms with Crippen molar-refractivity contribution in [3.8, 4) is 11.5 Å². The lowest BCUT2D eigenvalue weighted by atomic mass is 9.93. The van der Waals surface area contributed by atoms with E-state index in [-0.39, 0.29) is 12.0 Å². The lowest BCUT2D eigenvalue weighted by molar-refractivity contribution is -0.143. The number of thiophene rings is 1. The van der Waals surface area contributed by atoms with Crippen molar-refractivity contribution < 1.29 is 19.4 Å². The molecular formula is C20H25NO4S. The van der Waals surface area contributed by atoms with E-state index in [0.29, 0.717) is 18.0 Å². The van der Waals surface area contributed by atoms with Crippen LogP contribution in [0.3, 0.4) is 0 Å². The van der Waals surface area contributed by atoms with Gasteiger partial charge in [-0.05, 0) is 44.5 Å². The Hall–Kier alpha value is -2.05. The van der Waals surface area contributed by atoms with Gasteiger partial charge in [-0.1, -0.05) is 12.1 Å². The van der Waals surface area contributed by atoms with E-state index in [1.807, 2.05) is 18.2 Å². The zero-order chi connectivity index (χ0) is 18.7. The average molecular weight is 375 g/mol. The van der Waals surface area contributed by atoms with Crippen molar-refractivity contribution in [2.75, 3.05) is 27.3 Å². The number of likely N-dealkylation sites (tertiary alicyclic amines) is 1. The van der Waals surface area contributed by atoms with Crippen LogP contribution in [-0.4, -0.2) is 43.3 Å². The summed E-state index contributed by atoms with van der Waals surface area (Å²) in [6, 6.07) is 10.1. The summed E-state index contributed by atoms with van der Waals surface area (Å²) in [5.74, 6) is 0.357. The number of para-hydroxylation sites is 1. The maximum atomic E-state index is 11.6. The molecular weight excluding hydrogens is 350 g/mol. The molecule has 0 radical (unpaired) electrons. The fourth-order valence-corrected chi connectivity index (χ4v) is 4.73. The van der Waals surface area contributed by atoms with E-state index in [9.17, 15) is 9.90 Å². The topological polar surface area (TPSA) is 59.0 Å². The summed E-state index contributed by atoms with van der Waals surface area (Å²) in [5, 5.41) is 9.50. The molecule has 2 heterocycles. The van der Waals surface area contributed by atoms with Gasteiger partial charge in [0.05, 0.1) is 26.2 Å². The van der Waals surface area contributed by atoms with Gasteiger partial charge in [-0.2, -0.15) is 0 Å². The van der Waals surface area contributed by atoms with E-state index in [4.69, 9.17) is 9.47 Å². The molecule has 1 saturated heterocycles. The van der Waals surface area contributed by atoms with Gasteiger partial charge in [0, 0.05) is 21.9 Å². The lowest BCUT2D eigenvalue weighted by Gasteiger charge is -2.37. The standard InChI is InChI=1S/C20H25NO4S/c1-13-9-10-17(26-13)18(21-11-5-6-14(12-21)20(22)23)15-7-4-8-16(24-2)19(15)25-3/h4,7-10,14,18H,5-6,11-12H2,1-3H3,(H,22,23). The largest absolute Gasteiger partial charge is 0.493 e. The smallest absolute Gasteiger partial charge is 0.307 e. The number of benzene rings is 1. The minimum Gasteiger partial charge on any atom is -0.493 e. The lowest BCUT2D eigenvalue weighted by Crippen LogP contribution is -2.41. The first-order valence-corrected chi connectivity index (χ1v) is 9.61. The van der Waals surface area contributed by atoms with Crippen molar-refractivity contribution in [2.24, 2.45) is 5.92 Å². The molecule has 0 saturated carbocycles. The second-order valence-corrected chi connectivity index (χ2v) is 7.93. The molecule has 3 rings (SSSR count). The van der Waals surface area contributed by atoms with Crippen molar-refractivity contribution in [2.45, 2.75) is 25.8 Å². The first kappa shape index (κ1) is 18.7. The SMILES string of the molecule is COc1cccc(C(c2ccc(C)s2)N2CCCC(C(=O)O)C2)c1OC. The van der Waals surface area contributed by atoms with Crippen LogP contribution in [0, 0.1) is 12.8 Å². The number of nitrogens with zero attached hydrogens (tertiary/aromatic N) is 1. The normalized spacial score (nSPS) is 19.1. The van der Waals surface area contributed by atoms with Gasteiger partial charge >= 0.3 is 5.97 Å². The fourth-order valence-electron chi connectivity index (χ4n) is 3.70. The Morgan fingerprint density at radius 1 is 1.27 bits per heavy atom. The van der Waals surface area contributed by atoms with Crippen LogP contribution >= 0.6 is 11.3 Å². The molecule has 2 aromatic rings. The third-order valence-corrected chi connectivity index (χ3v) is 5.98. The molecule has 1 aliphatic heterocycles. The summed E-state index contributed by atoms with van der Waals surface area (Å²) in [4.78, 5) is 16.3. The number of piperidine rings is 1. The van der Waals surface area contributed by atoms with Gasteiger partial charge in [0.2, 0.25) is 0 Å². The summed E-state index contributed by atoms with van der Waals surface area (Å²) in [5.41, 5.74) is 1.01. The van der Waals surface area contributed by atoms with E-state index in [0.717, 1.165) is 24.9 Å². The quantitative estimate of drug-likeness (QED) is 0.828. The van der Waals surface area contributed by atoms with Crippen molar-refractivity contribution in [1.82, 2.24) is 4.90 Å². The Balaban J connectivity index is 2.06. The van der Waals surface area contributed by atoms with Crippen LogP contribution in [0.5, 0.6) is 11.5 Å². The maximum absolute atomic E-state index is 11.6. The fraction of sp³-hybridized carbons (Fsp3) is 0.450. The highest BCUT2D eigenvalue weighted by molar-refractivity contribution is 7.12. The van der Waals surface area contributed by atoms with E-state index in [1.54, 1.807) is 25.6 Å². The number of carbonyl (C=O) groups is 1. The van der Waals surface area contributed by atoms with Crippen LogP contribution in [-0.2, 0) is 4.79 Å². The number of aliphatic carboxylic acids is 1. The molecule has 0 aliphatic carbocycles. The molecule has 140 valence electrons. The Kier molecular flexibility index (Phi) is 5.84. The van der Waals surface area contributed by atoms with Crippen molar-refractivity contribution >= 4 is 17.3 Å². The molecule has 0 bridgehead atoms. The van der Waals surface area contributed by atoms with Crippen LogP contribution in [0.2, 0.25) is 0 Å². The summed E-state index contributed by atoms with van der Waals surface area (Å²) in [6.07, 6.45) is 1.61. The van der Waals surface area contributed by atoms with Crippen molar-refractivity contribution in [3.05, 3.63) is 45.6 Å². The van der Waals surface area contributed by atoms with E-state index in [2.05, 4.69) is 24.0 Å². The summed E-state index contributed by atoms with van der Waals surface area (Å²) < 4.78 is 11.2. The average Bonchev–Trinajstić information content (AvgIpc) is 3.07. The predicted molar refractivity (Wildman–Crippen MR) is 102 cm³/mol. The van der Waals surface area contributed by atoms with Gasteiger partial charge in [0.1, 0.15) is 0 Å². The third-order valence-electron chi connectivity index (χ3n) is 4.93. The molecule has 1 fully saturated rings. The van der Waals surface area contributed by atoms with Gasteiger partial charge < -0.3 is 14.6 Å². The molecule has 6 heteroatoms. The van der Waals surface area contributed by atoms with Gasteiger partial charge in [0.25, 0.3) is 0 Å². The minimum atomic E-state index is -0.714. The zero-order valence-electron chi connectivity index (χ0n) is 15.4. The van der Waals surface area contributed by atoms with Crippen LogP contribution in [0.15, 0.2) is 30.3 Å². The third kappa shape index (κ3) is 3.71. The summed E-state index contributed by atoms with van der Waals surface area (Å²) in [7, 11) is 3.28. The summed E-state index contributed by atoms with van der Waals surface area (Å²) >= 11 is 1.74. The van der Waals surface area contributed by atoms with Gasteiger partial charge in [-0.25, -0.2) is 0 Å². The van der Waals surface area contributed by atoms with Crippen molar-refractivity contribution in [1.29, 1.82) is 0 Å². The second kappa shape index (κ2) is 8.10. The minimum absolute atomic E-state index is 0.0408. The van der Waals surface area contributed by atoms with Gasteiger partial charge in [-0.15, -0.1) is 11.3 Å². The molecule has 1 N–H and O–H groups in total. The van der Waals surface area contributed by atoms with E-state index >= 15 is 0 Å². The monoisotopic (exact) mass is 375 g/mol. The van der Waals surface area contributed by atoms with E-state index in [1.165, 1.54) is 9.75 Å². The summed E-state index contributed by atoms with van der Waals surface area (Å²) in [6.45, 7) is 3.49. The molecule has 5 nitrogen and oxygen atoms in total. The van der Waals surface area contributed by atoms with Gasteiger partial charge in [0.15, 0.2) is 11.5 Å². The zero-order valence-corrected chi connectivity index (χ0v) is 16.2. The molecule has 1 aromatic carbocycles. The first-order chi connectivity index (χ1) is 12.5. The molecule has 0 spiro atoms. The second-order valence-electron chi connectivity index (χ2n) is 6.61. The molecule has 1 aromatic heterocycles. The number of hydrogen-bond donors (Lipinski definition) is 1. The number of rotatable bonds is 6. The van der Waals surface area contributed by atoms with Crippen LogP contribution in [0.25, 0.3) is 0 Å². The molecule has 2 unspecified atom stereocenters. The Bertz CT molecular complexity index is 773. The number of carboxylic acid groups (broad SMARTS) is 1. The predicted octanol–water partition coefficient (Wildman–Crippen LogP) is 3.96. The molecule has 0 amide bonds. The van der Waals surface area contributed by atoms with Crippen LogP contribution in [0.4, 0.5) is 0 Å². The maximum Gasteiger partial charge on any atom is 0.307 e. The molecule has 2 atom stereocenters. The Morgan fingerprint density at radius 2 is 2.08 bits per heavy atom. The molecule has 26 heavy (non-hydrogen) atoms. The Morgan fingerprint density at radius 3 is 2.69 bits per heavy atom. The molecule has 1 aliphatic rings. The van der Waals surface area contributed by atoms with E-state index < -0.39 is 5.97 Å². The highest BCUT2D eigenvalue weighted by atomic mass is 32.1. The highest BCUT2D eigenvalue weighted by Crippen LogP contribution is 2.43. The number of ether oxygens (including phenoxy) is 2.